The van der Waals surface area contributed by atoms with Crippen LogP contribution in [0.2, 0.25) is 0 Å². The van der Waals surface area contributed by atoms with Gasteiger partial charge in [0, 0.05) is 24.1 Å². The van der Waals surface area contributed by atoms with Gasteiger partial charge in [-0.1, -0.05) is 17.7 Å². The minimum Gasteiger partial charge on any atom is -0.382 e. The Morgan fingerprint density at radius 1 is 1.33 bits per heavy atom. The first kappa shape index (κ1) is 13.1. The smallest absolute Gasteiger partial charge is 0.129 e. The van der Waals surface area contributed by atoms with E-state index in [1.165, 1.54) is 22.4 Å². The van der Waals surface area contributed by atoms with Gasteiger partial charge in [0.15, 0.2) is 0 Å². The number of nitrogens with one attached hydrogen (secondary N) is 1. The van der Waals surface area contributed by atoms with E-state index >= 15 is 0 Å². The average Bonchev–Trinajstić information content (AvgIpc) is 2.56. The van der Waals surface area contributed by atoms with Gasteiger partial charge >= 0.3 is 0 Å². The van der Waals surface area contributed by atoms with E-state index in [1.54, 1.807) is 6.92 Å². The molecule has 0 aromatic heterocycles. The summed E-state index contributed by atoms with van der Waals surface area (Å²) in [6.07, 6.45) is 2.81. The highest BCUT2D eigenvalue weighted by Crippen LogP contribution is 2.41. The molecule has 0 fully saturated rings. The van der Waals surface area contributed by atoms with Gasteiger partial charge in [-0.25, -0.2) is 0 Å². The summed E-state index contributed by atoms with van der Waals surface area (Å²) >= 11 is 0. The maximum Gasteiger partial charge on any atom is 0.129 e. The van der Waals surface area contributed by atoms with Gasteiger partial charge in [0.05, 0.1) is 0 Å². The number of aryl methyl sites for hydroxylation is 2. The van der Waals surface area contributed by atoms with Gasteiger partial charge in [-0.05, 0) is 51.7 Å². The van der Waals surface area contributed by atoms with E-state index in [0.717, 1.165) is 12.8 Å². The number of rotatable bonds is 4. The number of ketones is 1. The Bertz CT molecular complexity index is 464. The van der Waals surface area contributed by atoms with Crippen LogP contribution in [0.25, 0.3) is 0 Å². The molecule has 1 aromatic rings. The van der Waals surface area contributed by atoms with Gasteiger partial charge in [-0.2, -0.15) is 0 Å². The van der Waals surface area contributed by atoms with Crippen LogP contribution >= 0.6 is 0 Å². The lowest BCUT2D eigenvalue weighted by Crippen LogP contribution is -2.16. The summed E-state index contributed by atoms with van der Waals surface area (Å²) in [6, 6.07) is 5.01. The van der Waals surface area contributed by atoms with Crippen molar-refractivity contribution in [1.82, 2.24) is 0 Å². The maximum atomic E-state index is 11.0. The third kappa shape index (κ3) is 2.58. The normalized spacial score (nSPS) is 21.6. The molecule has 0 bridgehead atoms. The molecule has 2 rings (SSSR count). The zero-order valence-electron chi connectivity index (χ0n) is 11.8. The second kappa shape index (κ2) is 5.13. The molecule has 2 nitrogen and oxygen atoms in total. The Hall–Kier alpha value is -1.31. The first-order chi connectivity index (χ1) is 8.49. The topological polar surface area (TPSA) is 29.1 Å². The predicted octanol–water partition coefficient (Wildman–Crippen LogP) is 3.96. The van der Waals surface area contributed by atoms with Crippen molar-refractivity contribution in [2.45, 2.75) is 58.9 Å². The minimum atomic E-state index is 0.300. The number of fused-ring (bicyclic) bond motifs is 1. The summed E-state index contributed by atoms with van der Waals surface area (Å²) in [4.78, 5) is 11.0. The first-order valence-electron chi connectivity index (χ1n) is 6.86. The molecule has 1 aliphatic rings. The number of hydrogen-bond donors (Lipinski definition) is 1. The molecular formula is C16H23NO. The molecule has 2 heteroatoms. The Labute approximate surface area is 110 Å². The summed E-state index contributed by atoms with van der Waals surface area (Å²) in [6.45, 7) is 8.25. The largest absolute Gasteiger partial charge is 0.382 e. The highest BCUT2D eigenvalue weighted by molar-refractivity contribution is 5.75. The van der Waals surface area contributed by atoms with E-state index in [9.17, 15) is 4.79 Å². The van der Waals surface area contributed by atoms with E-state index < -0.39 is 0 Å². The zero-order valence-corrected chi connectivity index (χ0v) is 11.8. The van der Waals surface area contributed by atoms with Crippen LogP contribution in [-0.2, 0) is 4.79 Å². The molecule has 2 unspecified atom stereocenters. The summed E-state index contributed by atoms with van der Waals surface area (Å²) in [5.74, 6) is 0.854. The Morgan fingerprint density at radius 3 is 2.72 bits per heavy atom. The SMILES string of the molecule is CC(=O)CCCC1c2cc(C)cc(C)c2NC1C. The van der Waals surface area contributed by atoms with Crippen LogP contribution < -0.4 is 5.32 Å². The number of hydrogen-bond acceptors (Lipinski definition) is 2. The van der Waals surface area contributed by atoms with Crippen LogP contribution in [0.15, 0.2) is 12.1 Å². The van der Waals surface area contributed by atoms with Crippen molar-refractivity contribution < 1.29 is 4.79 Å². The molecule has 1 aliphatic heterocycles. The van der Waals surface area contributed by atoms with Gasteiger partial charge in [0.2, 0.25) is 0 Å². The average molecular weight is 245 g/mol. The van der Waals surface area contributed by atoms with E-state index in [2.05, 4.69) is 38.2 Å². The van der Waals surface area contributed by atoms with Crippen LogP contribution in [0.4, 0.5) is 5.69 Å². The lowest BCUT2D eigenvalue weighted by Gasteiger charge is -2.15. The quantitative estimate of drug-likeness (QED) is 0.870. The van der Waals surface area contributed by atoms with E-state index in [1.807, 2.05) is 0 Å². The van der Waals surface area contributed by atoms with Crippen molar-refractivity contribution >= 4 is 11.5 Å². The predicted molar refractivity (Wildman–Crippen MR) is 76.3 cm³/mol. The monoisotopic (exact) mass is 245 g/mol. The highest BCUT2D eigenvalue weighted by atomic mass is 16.1. The van der Waals surface area contributed by atoms with E-state index in [-0.39, 0.29) is 0 Å². The van der Waals surface area contributed by atoms with Crippen LogP contribution in [-0.4, -0.2) is 11.8 Å². The molecule has 2 atom stereocenters. The molecule has 1 N–H and O–H groups in total. The molecule has 0 aliphatic carbocycles. The van der Waals surface area contributed by atoms with Crippen LogP contribution in [0.1, 0.15) is 55.7 Å². The molecule has 98 valence electrons. The molecule has 0 amide bonds. The van der Waals surface area contributed by atoms with Gasteiger partial charge in [-0.3, -0.25) is 0 Å². The lowest BCUT2D eigenvalue weighted by atomic mass is 9.89. The Balaban J connectivity index is 2.16. The minimum absolute atomic E-state index is 0.300. The summed E-state index contributed by atoms with van der Waals surface area (Å²) in [7, 11) is 0. The maximum absolute atomic E-state index is 11.0. The second-order valence-corrected chi connectivity index (χ2v) is 5.68. The van der Waals surface area contributed by atoms with Crippen molar-refractivity contribution in [3.63, 3.8) is 0 Å². The summed E-state index contributed by atoms with van der Waals surface area (Å²) in [5.41, 5.74) is 5.44. The summed E-state index contributed by atoms with van der Waals surface area (Å²) in [5, 5.41) is 3.60. The molecule has 0 saturated heterocycles. The van der Waals surface area contributed by atoms with Crippen LogP contribution in [0.5, 0.6) is 0 Å². The zero-order chi connectivity index (χ0) is 13.3. The number of Topliss-reactive ketones (excluding diaryl/α,β-unsaturated/α-hetero) is 1. The molecule has 0 saturated carbocycles. The molecule has 1 heterocycles. The molecular weight excluding hydrogens is 222 g/mol. The summed E-state index contributed by atoms with van der Waals surface area (Å²) < 4.78 is 0. The number of carbonyl (C=O) groups is 1. The fraction of sp³-hybridized carbons (Fsp3) is 0.562. The fourth-order valence-corrected chi connectivity index (χ4v) is 3.06. The standard InChI is InChI=1S/C16H23NO/c1-10-8-11(2)16-15(9-10)14(13(4)17-16)7-5-6-12(3)18/h8-9,13-14,17H,5-7H2,1-4H3. The van der Waals surface area contributed by atoms with Gasteiger partial charge < -0.3 is 10.1 Å². The number of carbonyl (C=O) groups excluding carboxylic acids is 1. The Kier molecular flexibility index (Phi) is 3.74. The fourth-order valence-electron chi connectivity index (χ4n) is 3.06. The number of benzene rings is 1. The van der Waals surface area contributed by atoms with Gasteiger partial charge in [0.1, 0.15) is 5.78 Å². The van der Waals surface area contributed by atoms with Crippen molar-refractivity contribution in [3.05, 3.63) is 28.8 Å². The van der Waals surface area contributed by atoms with Crippen LogP contribution in [0.3, 0.4) is 0 Å². The van der Waals surface area contributed by atoms with Crippen molar-refractivity contribution in [2.24, 2.45) is 0 Å². The second-order valence-electron chi connectivity index (χ2n) is 5.68. The van der Waals surface area contributed by atoms with Crippen molar-refractivity contribution in [2.75, 3.05) is 5.32 Å². The lowest BCUT2D eigenvalue weighted by molar-refractivity contribution is -0.117. The van der Waals surface area contributed by atoms with E-state index in [0.29, 0.717) is 24.2 Å². The highest BCUT2D eigenvalue weighted by Gasteiger charge is 2.29. The third-order valence-electron chi connectivity index (χ3n) is 3.93. The molecule has 0 radical (unpaired) electrons. The van der Waals surface area contributed by atoms with E-state index in [4.69, 9.17) is 0 Å². The van der Waals surface area contributed by atoms with Gasteiger partial charge in [0.25, 0.3) is 0 Å². The molecule has 18 heavy (non-hydrogen) atoms. The molecule has 1 aromatic carbocycles. The van der Waals surface area contributed by atoms with Crippen LogP contribution in [0, 0.1) is 13.8 Å². The van der Waals surface area contributed by atoms with Crippen molar-refractivity contribution in [3.8, 4) is 0 Å². The van der Waals surface area contributed by atoms with Crippen molar-refractivity contribution in [1.29, 1.82) is 0 Å². The molecule has 0 spiro atoms. The third-order valence-corrected chi connectivity index (χ3v) is 3.93. The van der Waals surface area contributed by atoms with Gasteiger partial charge in [-0.15, -0.1) is 0 Å². The Morgan fingerprint density at radius 2 is 2.06 bits per heavy atom. The number of anilines is 1. The first-order valence-corrected chi connectivity index (χ1v) is 6.86.